The Hall–Kier alpha value is -2.26. The van der Waals surface area contributed by atoms with Gasteiger partial charge in [-0.2, -0.15) is 0 Å². The molecule has 0 aliphatic heterocycles. The molecular formula is C14H11BrN2O5S. The van der Waals surface area contributed by atoms with Gasteiger partial charge >= 0.3 is 11.0 Å². The Kier molecular flexibility index (Phi) is 5.45. The topological polar surface area (TPSA) is 98.5 Å². The van der Waals surface area contributed by atoms with E-state index >= 15 is 0 Å². The van der Waals surface area contributed by atoms with Crippen LogP contribution in [0.25, 0.3) is 0 Å². The normalized spacial score (nSPS) is 10.2. The van der Waals surface area contributed by atoms with Crippen LogP contribution < -0.4 is 5.32 Å². The van der Waals surface area contributed by atoms with Crippen LogP contribution in [-0.4, -0.2) is 23.4 Å². The lowest BCUT2D eigenvalue weighted by molar-refractivity contribution is -0.380. The minimum Gasteiger partial charge on any atom is -0.451 e. The van der Waals surface area contributed by atoms with E-state index in [2.05, 4.69) is 21.2 Å². The maximum atomic E-state index is 11.8. The van der Waals surface area contributed by atoms with Crippen LogP contribution in [-0.2, 0) is 9.53 Å². The van der Waals surface area contributed by atoms with Crippen LogP contribution in [0.4, 0.5) is 10.7 Å². The Bertz CT molecular complexity index is 774. The summed E-state index contributed by atoms with van der Waals surface area (Å²) < 4.78 is 5.75. The quantitative estimate of drug-likeness (QED) is 0.471. The first-order chi connectivity index (χ1) is 10.9. The van der Waals surface area contributed by atoms with E-state index in [9.17, 15) is 19.7 Å². The van der Waals surface area contributed by atoms with Gasteiger partial charge in [0.05, 0.1) is 4.92 Å². The molecule has 0 aliphatic carbocycles. The molecule has 1 aromatic heterocycles. The molecule has 0 radical (unpaired) electrons. The van der Waals surface area contributed by atoms with Crippen molar-refractivity contribution in [3.8, 4) is 0 Å². The van der Waals surface area contributed by atoms with E-state index in [1.165, 1.54) is 12.1 Å². The standard InChI is InChI=1S/C14H11BrN2O5S/c1-8-6-9(2-3-10(8)15)16-12(18)7-22-14(19)11-4-5-13(23-11)17(20)21/h2-6H,7H2,1H3,(H,16,18). The number of halogens is 1. The first kappa shape index (κ1) is 17.1. The van der Waals surface area contributed by atoms with Crippen molar-refractivity contribution >= 4 is 49.8 Å². The van der Waals surface area contributed by atoms with Crippen molar-refractivity contribution in [2.75, 3.05) is 11.9 Å². The summed E-state index contributed by atoms with van der Waals surface area (Å²) in [5.41, 5.74) is 1.53. The lowest BCUT2D eigenvalue weighted by atomic mass is 10.2. The zero-order valence-electron chi connectivity index (χ0n) is 11.9. The second-order valence-electron chi connectivity index (χ2n) is 4.48. The number of amides is 1. The zero-order chi connectivity index (χ0) is 17.0. The molecule has 0 saturated heterocycles. The molecule has 2 aromatic rings. The van der Waals surface area contributed by atoms with Gasteiger partial charge in [-0.05, 0) is 36.8 Å². The van der Waals surface area contributed by atoms with Crippen LogP contribution >= 0.6 is 27.3 Å². The Labute approximate surface area is 143 Å². The predicted octanol–water partition coefficient (Wildman–Crippen LogP) is 3.52. The number of anilines is 1. The summed E-state index contributed by atoms with van der Waals surface area (Å²) in [5.74, 6) is -1.27. The third-order valence-electron chi connectivity index (χ3n) is 2.75. The summed E-state index contributed by atoms with van der Waals surface area (Å²) in [7, 11) is 0. The van der Waals surface area contributed by atoms with E-state index in [4.69, 9.17) is 4.74 Å². The first-order valence-corrected chi connectivity index (χ1v) is 7.95. The third kappa shape index (κ3) is 4.60. The van der Waals surface area contributed by atoms with Crippen LogP contribution in [0.2, 0.25) is 0 Å². The zero-order valence-corrected chi connectivity index (χ0v) is 14.3. The smallest absolute Gasteiger partial charge is 0.349 e. The highest BCUT2D eigenvalue weighted by Crippen LogP contribution is 2.24. The van der Waals surface area contributed by atoms with Crippen LogP contribution in [0.15, 0.2) is 34.8 Å². The van der Waals surface area contributed by atoms with Gasteiger partial charge < -0.3 is 10.1 Å². The van der Waals surface area contributed by atoms with E-state index in [0.29, 0.717) is 17.0 Å². The van der Waals surface area contributed by atoms with E-state index in [0.717, 1.165) is 10.0 Å². The van der Waals surface area contributed by atoms with Gasteiger partial charge in [0.1, 0.15) is 4.88 Å². The molecule has 120 valence electrons. The number of carbonyl (C=O) groups excluding carboxylic acids is 2. The van der Waals surface area contributed by atoms with Crippen molar-refractivity contribution in [3.05, 3.63) is 55.4 Å². The second-order valence-corrected chi connectivity index (χ2v) is 6.40. The fraction of sp³-hybridized carbons (Fsp3) is 0.143. The highest BCUT2D eigenvalue weighted by molar-refractivity contribution is 9.10. The van der Waals surface area contributed by atoms with Crippen LogP contribution in [0.3, 0.4) is 0 Å². The fourth-order valence-corrected chi connectivity index (χ4v) is 2.62. The van der Waals surface area contributed by atoms with Gasteiger partial charge in [0, 0.05) is 16.2 Å². The highest BCUT2D eigenvalue weighted by atomic mass is 79.9. The molecule has 0 bridgehead atoms. The van der Waals surface area contributed by atoms with Crippen molar-refractivity contribution in [3.63, 3.8) is 0 Å². The van der Waals surface area contributed by atoms with E-state index in [1.807, 2.05) is 6.92 Å². The van der Waals surface area contributed by atoms with Crippen molar-refractivity contribution in [2.24, 2.45) is 0 Å². The van der Waals surface area contributed by atoms with Crippen molar-refractivity contribution in [2.45, 2.75) is 6.92 Å². The molecule has 1 heterocycles. The Balaban J connectivity index is 1.89. The number of carbonyl (C=O) groups is 2. The molecule has 0 unspecified atom stereocenters. The van der Waals surface area contributed by atoms with Crippen molar-refractivity contribution in [1.82, 2.24) is 0 Å². The summed E-state index contributed by atoms with van der Waals surface area (Å²) in [4.78, 5) is 33.5. The van der Waals surface area contributed by atoms with Gasteiger partial charge in [0.15, 0.2) is 6.61 Å². The molecule has 0 saturated carbocycles. The number of thiophene rings is 1. The number of nitrogens with zero attached hydrogens (tertiary/aromatic N) is 1. The molecule has 1 aromatic carbocycles. The number of hydrogen-bond acceptors (Lipinski definition) is 6. The van der Waals surface area contributed by atoms with Gasteiger partial charge in [0.25, 0.3) is 5.91 Å². The second kappa shape index (κ2) is 7.34. The Morgan fingerprint density at radius 3 is 2.70 bits per heavy atom. The number of nitro groups is 1. The number of rotatable bonds is 5. The molecule has 7 nitrogen and oxygen atoms in total. The molecular weight excluding hydrogens is 388 g/mol. The van der Waals surface area contributed by atoms with Crippen LogP contribution in [0.1, 0.15) is 15.2 Å². The summed E-state index contributed by atoms with van der Waals surface area (Å²) >= 11 is 4.05. The summed E-state index contributed by atoms with van der Waals surface area (Å²) in [6.45, 7) is 1.41. The monoisotopic (exact) mass is 398 g/mol. The van der Waals surface area contributed by atoms with Gasteiger partial charge in [-0.1, -0.05) is 27.3 Å². The third-order valence-corrected chi connectivity index (χ3v) is 4.66. The van der Waals surface area contributed by atoms with Gasteiger partial charge in [-0.15, -0.1) is 0 Å². The summed E-state index contributed by atoms with van der Waals surface area (Å²) in [6.07, 6.45) is 0. The number of ether oxygens (including phenoxy) is 1. The van der Waals surface area contributed by atoms with Crippen LogP contribution in [0, 0.1) is 17.0 Å². The minimum atomic E-state index is -0.773. The lowest BCUT2D eigenvalue weighted by Gasteiger charge is -2.07. The average molecular weight is 399 g/mol. The van der Waals surface area contributed by atoms with Gasteiger partial charge in [-0.25, -0.2) is 4.79 Å². The maximum absolute atomic E-state index is 11.8. The largest absolute Gasteiger partial charge is 0.451 e. The Morgan fingerprint density at radius 2 is 2.09 bits per heavy atom. The number of nitrogens with one attached hydrogen (secondary N) is 1. The fourth-order valence-electron chi connectivity index (χ4n) is 1.66. The summed E-state index contributed by atoms with van der Waals surface area (Å²) in [5, 5.41) is 13.0. The molecule has 0 aliphatic rings. The molecule has 9 heteroatoms. The molecule has 23 heavy (non-hydrogen) atoms. The van der Waals surface area contributed by atoms with E-state index < -0.39 is 23.4 Å². The number of aryl methyl sites for hydroxylation is 1. The average Bonchev–Trinajstić information content (AvgIpc) is 2.99. The Morgan fingerprint density at radius 1 is 1.35 bits per heavy atom. The molecule has 2 rings (SSSR count). The number of hydrogen-bond donors (Lipinski definition) is 1. The molecule has 1 amide bonds. The summed E-state index contributed by atoms with van der Waals surface area (Å²) in [6, 6.07) is 7.78. The van der Waals surface area contributed by atoms with Gasteiger partial charge in [-0.3, -0.25) is 14.9 Å². The lowest BCUT2D eigenvalue weighted by Crippen LogP contribution is -2.20. The SMILES string of the molecule is Cc1cc(NC(=O)COC(=O)c2ccc([N+](=O)[O-])s2)ccc1Br. The molecule has 0 atom stereocenters. The van der Waals surface area contributed by atoms with Crippen LogP contribution in [0.5, 0.6) is 0 Å². The van der Waals surface area contributed by atoms with E-state index in [1.54, 1.807) is 18.2 Å². The predicted molar refractivity (Wildman–Crippen MR) is 88.8 cm³/mol. The molecule has 0 fully saturated rings. The minimum absolute atomic E-state index is 0.0731. The molecule has 1 N–H and O–H groups in total. The van der Waals surface area contributed by atoms with Crippen molar-refractivity contribution < 1.29 is 19.2 Å². The van der Waals surface area contributed by atoms with E-state index in [-0.39, 0.29) is 9.88 Å². The number of benzene rings is 1. The first-order valence-electron chi connectivity index (χ1n) is 6.34. The maximum Gasteiger partial charge on any atom is 0.349 e. The molecule has 0 spiro atoms. The highest BCUT2D eigenvalue weighted by Gasteiger charge is 2.17. The van der Waals surface area contributed by atoms with Crippen molar-refractivity contribution in [1.29, 1.82) is 0 Å². The number of esters is 1. The van der Waals surface area contributed by atoms with Gasteiger partial charge in [0.2, 0.25) is 0 Å².